The lowest BCUT2D eigenvalue weighted by Gasteiger charge is -2.21. The molecule has 2 atom stereocenters. The van der Waals surface area contributed by atoms with Gasteiger partial charge in [-0.25, -0.2) is 0 Å². The molecule has 1 aromatic rings. The predicted octanol–water partition coefficient (Wildman–Crippen LogP) is 1.05. The zero-order chi connectivity index (χ0) is 8.06. The zero-order valence-corrected chi connectivity index (χ0v) is 7.19. The van der Waals surface area contributed by atoms with E-state index < -0.39 is 5.60 Å². The lowest BCUT2D eigenvalue weighted by molar-refractivity contribution is 0.0455. The second kappa shape index (κ2) is 2.06. The van der Waals surface area contributed by atoms with Gasteiger partial charge in [-0.2, -0.15) is 0 Å². The van der Waals surface area contributed by atoms with Crippen LogP contribution in [0.15, 0.2) is 11.4 Å². The summed E-state index contributed by atoms with van der Waals surface area (Å²) in [5.41, 5.74) is 6.32. The van der Waals surface area contributed by atoms with Gasteiger partial charge in [-0.05, 0) is 23.9 Å². The maximum Gasteiger partial charge on any atom is 0.0860 e. The molecule has 0 aromatic carbocycles. The molecular weight excluding hydrogens is 158 g/mol. The fourth-order valence-corrected chi connectivity index (χ4v) is 2.62. The van der Waals surface area contributed by atoms with Gasteiger partial charge in [0.15, 0.2) is 0 Å². The second-order valence-corrected chi connectivity index (χ2v) is 4.27. The third-order valence-corrected chi connectivity index (χ3v) is 3.32. The molecule has 0 unspecified atom stereocenters. The van der Waals surface area contributed by atoms with Crippen molar-refractivity contribution in [2.45, 2.75) is 25.0 Å². The molecule has 2 nitrogen and oxygen atoms in total. The minimum atomic E-state index is -0.720. The molecule has 0 aliphatic heterocycles. The van der Waals surface area contributed by atoms with Gasteiger partial charge in [-0.1, -0.05) is 0 Å². The van der Waals surface area contributed by atoms with Crippen molar-refractivity contribution in [1.82, 2.24) is 0 Å². The standard InChI is InChI=1S/C8H11NOS/c1-8(10)4-5-2-3-11-6(5)7(8)9/h2-3,7,10H,4,9H2,1H3/t7-,8-/m0/s1. The maximum absolute atomic E-state index is 9.75. The first kappa shape index (κ1) is 7.28. The Balaban J connectivity index is 2.45. The van der Waals surface area contributed by atoms with Crippen molar-refractivity contribution in [2.24, 2.45) is 5.73 Å². The van der Waals surface area contributed by atoms with Crippen LogP contribution in [0.1, 0.15) is 23.4 Å². The summed E-state index contributed by atoms with van der Waals surface area (Å²) in [7, 11) is 0. The van der Waals surface area contributed by atoms with Crippen molar-refractivity contribution < 1.29 is 5.11 Å². The summed E-state index contributed by atoms with van der Waals surface area (Å²) < 4.78 is 0. The molecule has 0 bridgehead atoms. The van der Waals surface area contributed by atoms with Gasteiger partial charge < -0.3 is 10.8 Å². The van der Waals surface area contributed by atoms with E-state index in [0.717, 1.165) is 4.88 Å². The minimum absolute atomic E-state index is 0.183. The molecule has 1 aliphatic carbocycles. The summed E-state index contributed by atoms with van der Waals surface area (Å²) in [4.78, 5) is 1.15. The van der Waals surface area contributed by atoms with E-state index >= 15 is 0 Å². The molecule has 1 aliphatic rings. The Hall–Kier alpha value is -0.380. The third kappa shape index (κ3) is 0.922. The zero-order valence-electron chi connectivity index (χ0n) is 6.37. The first-order valence-corrected chi connectivity index (χ1v) is 4.53. The quantitative estimate of drug-likeness (QED) is 0.610. The monoisotopic (exact) mass is 169 g/mol. The summed E-state index contributed by atoms with van der Waals surface area (Å²) in [5.74, 6) is 0. The van der Waals surface area contributed by atoms with Crippen LogP contribution in [0.25, 0.3) is 0 Å². The van der Waals surface area contributed by atoms with Crippen LogP contribution in [0.5, 0.6) is 0 Å². The highest BCUT2D eigenvalue weighted by Crippen LogP contribution is 2.40. The summed E-state index contributed by atoms with van der Waals surface area (Å²) in [5, 5.41) is 11.8. The summed E-state index contributed by atoms with van der Waals surface area (Å²) in [6.07, 6.45) is 0.701. The average Bonchev–Trinajstić information content (AvgIpc) is 2.39. The molecule has 0 radical (unpaired) electrons. The number of fused-ring (bicyclic) bond motifs is 1. The first-order chi connectivity index (χ1) is 5.11. The van der Waals surface area contributed by atoms with Crippen molar-refractivity contribution in [3.8, 4) is 0 Å². The summed E-state index contributed by atoms with van der Waals surface area (Å²) in [6, 6.07) is 1.86. The molecule has 0 fully saturated rings. The molecule has 0 spiro atoms. The predicted molar refractivity (Wildman–Crippen MR) is 45.6 cm³/mol. The van der Waals surface area contributed by atoms with E-state index in [0.29, 0.717) is 6.42 Å². The number of nitrogens with two attached hydrogens (primary N) is 1. The fourth-order valence-electron chi connectivity index (χ4n) is 1.54. The van der Waals surface area contributed by atoms with Crippen molar-refractivity contribution in [3.63, 3.8) is 0 Å². The van der Waals surface area contributed by atoms with Crippen molar-refractivity contribution >= 4 is 11.3 Å². The Bertz CT molecular complexity index is 279. The van der Waals surface area contributed by atoms with Gasteiger partial charge in [0.1, 0.15) is 0 Å². The number of rotatable bonds is 0. The molecule has 3 heteroatoms. The third-order valence-electron chi connectivity index (χ3n) is 2.28. The highest BCUT2D eigenvalue weighted by atomic mass is 32.1. The topological polar surface area (TPSA) is 46.2 Å². The number of thiophene rings is 1. The van der Waals surface area contributed by atoms with Crippen LogP contribution in [0.3, 0.4) is 0 Å². The maximum atomic E-state index is 9.75. The normalized spacial score (nSPS) is 35.7. The van der Waals surface area contributed by atoms with Crippen LogP contribution >= 0.6 is 11.3 Å². The van der Waals surface area contributed by atoms with E-state index in [1.807, 2.05) is 11.4 Å². The Morgan fingerprint density at radius 2 is 2.55 bits per heavy atom. The number of hydrogen-bond acceptors (Lipinski definition) is 3. The molecule has 0 saturated carbocycles. The molecule has 0 amide bonds. The first-order valence-electron chi connectivity index (χ1n) is 3.65. The van der Waals surface area contributed by atoms with Gasteiger partial charge in [0.25, 0.3) is 0 Å². The molecular formula is C8H11NOS. The smallest absolute Gasteiger partial charge is 0.0860 e. The minimum Gasteiger partial charge on any atom is -0.388 e. The molecule has 0 saturated heterocycles. The molecule has 60 valence electrons. The molecule has 2 rings (SSSR count). The lowest BCUT2D eigenvalue weighted by Crippen LogP contribution is -2.34. The van der Waals surface area contributed by atoms with Gasteiger partial charge in [-0.3, -0.25) is 0 Å². The lowest BCUT2D eigenvalue weighted by atomic mass is 10.0. The van der Waals surface area contributed by atoms with Crippen molar-refractivity contribution in [2.75, 3.05) is 0 Å². The van der Waals surface area contributed by atoms with Crippen molar-refractivity contribution in [3.05, 3.63) is 21.9 Å². The highest BCUT2D eigenvalue weighted by molar-refractivity contribution is 7.10. The van der Waals surface area contributed by atoms with Crippen LogP contribution in [0, 0.1) is 0 Å². The van der Waals surface area contributed by atoms with Gasteiger partial charge in [0.05, 0.1) is 11.6 Å². The van der Waals surface area contributed by atoms with E-state index in [1.165, 1.54) is 5.56 Å². The number of hydrogen-bond donors (Lipinski definition) is 2. The van der Waals surface area contributed by atoms with E-state index in [2.05, 4.69) is 0 Å². The fraction of sp³-hybridized carbons (Fsp3) is 0.500. The number of aliphatic hydroxyl groups is 1. The Kier molecular flexibility index (Phi) is 1.36. The second-order valence-electron chi connectivity index (χ2n) is 3.32. The molecule has 1 aromatic heterocycles. The summed E-state index contributed by atoms with van der Waals surface area (Å²) in [6.45, 7) is 1.80. The van der Waals surface area contributed by atoms with Gasteiger partial charge in [0, 0.05) is 11.3 Å². The van der Waals surface area contributed by atoms with E-state index in [-0.39, 0.29) is 6.04 Å². The van der Waals surface area contributed by atoms with Gasteiger partial charge in [0.2, 0.25) is 0 Å². The Labute approximate surface area is 69.7 Å². The van der Waals surface area contributed by atoms with Gasteiger partial charge >= 0.3 is 0 Å². The van der Waals surface area contributed by atoms with Crippen LogP contribution < -0.4 is 5.73 Å². The van der Waals surface area contributed by atoms with E-state index in [9.17, 15) is 5.11 Å². The largest absolute Gasteiger partial charge is 0.388 e. The Morgan fingerprint density at radius 3 is 3.18 bits per heavy atom. The molecule has 11 heavy (non-hydrogen) atoms. The SMILES string of the molecule is C[C@]1(O)Cc2ccsc2[C@@H]1N. The molecule has 3 N–H and O–H groups in total. The van der Waals surface area contributed by atoms with Gasteiger partial charge in [-0.15, -0.1) is 11.3 Å². The molecule has 1 heterocycles. The van der Waals surface area contributed by atoms with E-state index in [4.69, 9.17) is 5.73 Å². The van der Waals surface area contributed by atoms with Crippen LogP contribution in [-0.4, -0.2) is 10.7 Å². The van der Waals surface area contributed by atoms with Crippen LogP contribution in [-0.2, 0) is 6.42 Å². The van der Waals surface area contributed by atoms with Crippen LogP contribution in [0.2, 0.25) is 0 Å². The highest BCUT2D eigenvalue weighted by Gasteiger charge is 2.39. The van der Waals surface area contributed by atoms with Crippen molar-refractivity contribution in [1.29, 1.82) is 0 Å². The average molecular weight is 169 g/mol. The Morgan fingerprint density at radius 1 is 1.82 bits per heavy atom. The van der Waals surface area contributed by atoms with Crippen LogP contribution in [0.4, 0.5) is 0 Å². The van der Waals surface area contributed by atoms with E-state index in [1.54, 1.807) is 18.3 Å². The summed E-state index contributed by atoms with van der Waals surface area (Å²) >= 11 is 1.64.